The standard InChI is InChI=1S/C40H30N12O6.C16H10O6.C6H7N3O.C2H6O/c53-35-27(21-45-49-37(55)31-9-1-5-13-41-31)17-25(18-28(35)22-46-50-38(56)32-10-2-6-14-42-32)26-19-29(23-47-51-39(57)33-11-3-7-15-43-33)36(54)30(20-26)24-48-52-40(58)34-12-4-8-16-44-34;17-5-11-1-9(2-12(6-18)15(11)21)10-3-13(7-19)16(22)14(4-10)8-20;7-9-6(10)5-3-1-2-4-8-5;1-2-3/h1-24,53-54H,(H,49,55)(H,50,56)(H,51,57)(H,52,58);1-8,21-22H;1-4H,7H2,(H,9,10);3H,2H2,1H3/b45-21+,46-22+,47-23+,48-24+;;;. The molecular formula is C64H53N15O14. The van der Waals surface area contributed by atoms with E-state index in [1.54, 1.807) is 73.7 Å². The summed E-state index contributed by atoms with van der Waals surface area (Å²) in [7, 11) is 0. The van der Waals surface area contributed by atoms with Crippen molar-refractivity contribution < 1.29 is 68.7 Å². The number of hydrogen-bond acceptors (Lipinski definition) is 24. The highest BCUT2D eigenvalue weighted by Gasteiger charge is 2.18. The summed E-state index contributed by atoms with van der Waals surface area (Å²) >= 11 is 0. The second kappa shape index (κ2) is 35.3. The number of hydrazine groups is 1. The molecule has 9 rings (SSSR count). The molecule has 468 valence electrons. The molecule has 0 saturated heterocycles. The zero-order valence-corrected chi connectivity index (χ0v) is 48.5. The number of aldehydes is 4. The summed E-state index contributed by atoms with van der Waals surface area (Å²) in [5.41, 5.74) is 13.6. The number of nitrogens with two attached hydrogens (primary N) is 1. The maximum Gasteiger partial charge on any atom is 0.289 e. The van der Waals surface area contributed by atoms with Crippen LogP contribution < -0.4 is 33.0 Å². The molecule has 93 heavy (non-hydrogen) atoms. The van der Waals surface area contributed by atoms with E-state index in [0.29, 0.717) is 53.1 Å². The van der Waals surface area contributed by atoms with Crippen molar-refractivity contribution in [2.45, 2.75) is 6.92 Å². The smallest absolute Gasteiger partial charge is 0.289 e. The van der Waals surface area contributed by atoms with Gasteiger partial charge in [-0.25, -0.2) is 27.5 Å². The summed E-state index contributed by atoms with van der Waals surface area (Å²) in [5, 5.41) is 65.5. The van der Waals surface area contributed by atoms with Crippen molar-refractivity contribution >= 4 is 79.5 Å². The molecule has 0 bridgehead atoms. The Bertz CT molecular complexity index is 3790. The number of carbonyl (C=O) groups is 9. The molecule has 0 spiro atoms. The molecule has 0 aliphatic rings. The second-order valence-corrected chi connectivity index (χ2v) is 18.1. The molecule has 0 aliphatic heterocycles. The molecule has 5 aromatic heterocycles. The van der Waals surface area contributed by atoms with Crippen molar-refractivity contribution in [3.05, 3.63) is 243 Å². The highest BCUT2D eigenvalue weighted by Crippen LogP contribution is 2.34. The number of aromatic hydroxyl groups is 4. The predicted molar refractivity (Wildman–Crippen MR) is 338 cm³/mol. The van der Waals surface area contributed by atoms with Crippen molar-refractivity contribution in [1.82, 2.24) is 52.0 Å². The zero-order chi connectivity index (χ0) is 67.1. The van der Waals surface area contributed by atoms with Gasteiger partial charge in [-0.3, -0.25) is 73.5 Å². The Morgan fingerprint density at radius 1 is 0.366 bits per heavy atom. The second-order valence-electron chi connectivity index (χ2n) is 18.1. The highest BCUT2D eigenvalue weighted by atomic mass is 16.3. The van der Waals surface area contributed by atoms with E-state index in [0.717, 1.165) is 0 Å². The summed E-state index contributed by atoms with van der Waals surface area (Å²) in [6.07, 6.45) is 13.6. The molecule has 0 aliphatic carbocycles. The molecule has 9 aromatic rings. The molecule has 0 saturated carbocycles. The number of phenolic OH excluding ortho intramolecular Hbond substituents is 4. The van der Waals surface area contributed by atoms with E-state index in [2.05, 4.69) is 67.0 Å². The number of aromatic nitrogens is 5. The maximum atomic E-state index is 12.6. The van der Waals surface area contributed by atoms with Crippen LogP contribution in [0.25, 0.3) is 22.3 Å². The van der Waals surface area contributed by atoms with Crippen molar-refractivity contribution in [1.29, 1.82) is 0 Å². The molecule has 5 amide bonds. The fourth-order valence-electron chi connectivity index (χ4n) is 7.57. The fraction of sp³-hybridized carbons (Fsp3) is 0.0312. The first-order valence-electron chi connectivity index (χ1n) is 26.9. The average molecular weight is 1260 g/mol. The van der Waals surface area contributed by atoms with Gasteiger partial charge in [-0.2, -0.15) is 20.4 Å². The van der Waals surface area contributed by atoms with Crippen molar-refractivity contribution in [2.75, 3.05) is 6.61 Å². The Kier molecular flexibility index (Phi) is 26.0. The summed E-state index contributed by atoms with van der Waals surface area (Å²) in [6, 6.07) is 35.5. The predicted octanol–water partition coefficient (Wildman–Crippen LogP) is 5.10. The van der Waals surface area contributed by atoms with Gasteiger partial charge < -0.3 is 25.5 Å². The molecule has 29 heteroatoms. The van der Waals surface area contributed by atoms with Crippen LogP contribution in [0.1, 0.15) is 123 Å². The lowest BCUT2D eigenvalue weighted by molar-refractivity contribution is 0.0941. The number of rotatable bonds is 19. The minimum absolute atomic E-state index is 0.0973. The molecule has 0 unspecified atom stereocenters. The lowest BCUT2D eigenvalue weighted by Gasteiger charge is -2.12. The summed E-state index contributed by atoms with van der Waals surface area (Å²) < 4.78 is 0. The third kappa shape index (κ3) is 19.7. The van der Waals surface area contributed by atoms with Crippen LogP contribution in [0.5, 0.6) is 23.0 Å². The van der Waals surface area contributed by atoms with Crippen LogP contribution in [0.4, 0.5) is 0 Å². The first-order chi connectivity index (χ1) is 45.1. The van der Waals surface area contributed by atoms with E-state index in [9.17, 15) is 63.6 Å². The number of hydrogen-bond donors (Lipinski definition) is 11. The number of pyridine rings is 5. The van der Waals surface area contributed by atoms with Crippen LogP contribution >= 0.6 is 0 Å². The van der Waals surface area contributed by atoms with Gasteiger partial charge in [0.2, 0.25) is 0 Å². The summed E-state index contributed by atoms with van der Waals surface area (Å²) in [4.78, 5) is 125. The average Bonchev–Trinajstić information content (AvgIpc) is 0.863. The number of nitrogen functional groups attached to an aromatic ring is 1. The van der Waals surface area contributed by atoms with E-state index in [-0.39, 0.29) is 91.3 Å². The Hall–Kier alpha value is -13.5. The van der Waals surface area contributed by atoms with E-state index in [1.165, 1.54) is 129 Å². The van der Waals surface area contributed by atoms with Crippen LogP contribution in [0, 0.1) is 0 Å². The Labute approximate surface area is 526 Å². The number of amides is 5. The number of aliphatic hydroxyl groups is 1. The lowest BCUT2D eigenvalue weighted by atomic mass is 9.95. The number of nitrogens with one attached hydrogen (secondary N) is 5. The van der Waals surface area contributed by atoms with Gasteiger partial charge in [0.25, 0.3) is 29.5 Å². The van der Waals surface area contributed by atoms with Gasteiger partial charge in [-0.1, -0.05) is 30.3 Å². The Morgan fingerprint density at radius 2 is 0.559 bits per heavy atom. The van der Waals surface area contributed by atoms with E-state index in [1.807, 2.05) is 5.43 Å². The number of carbonyl (C=O) groups excluding carboxylic acids is 9. The number of nitrogens with zero attached hydrogens (tertiary/aromatic N) is 9. The van der Waals surface area contributed by atoms with Crippen LogP contribution in [0.15, 0.2) is 191 Å². The van der Waals surface area contributed by atoms with Gasteiger partial charge in [0.15, 0.2) is 25.1 Å². The first-order valence-corrected chi connectivity index (χ1v) is 26.9. The van der Waals surface area contributed by atoms with Crippen molar-refractivity contribution in [2.24, 2.45) is 26.2 Å². The normalized spacial score (nSPS) is 10.5. The molecule has 0 atom stereocenters. The molecule has 4 aromatic carbocycles. The molecule has 29 nitrogen and oxygen atoms in total. The van der Waals surface area contributed by atoms with E-state index in [4.69, 9.17) is 10.9 Å². The number of aliphatic hydroxyl groups excluding tert-OH is 1. The molecule has 12 N–H and O–H groups in total. The summed E-state index contributed by atoms with van der Waals surface area (Å²) in [5.74, 6) is 0.513. The van der Waals surface area contributed by atoms with Gasteiger partial charge >= 0.3 is 0 Å². The van der Waals surface area contributed by atoms with Crippen molar-refractivity contribution in [3.8, 4) is 45.3 Å². The highest BCUT2D eigenvalue weighted by molar-refractivity contribution is 6.01. The van der Waals surface area contributed by atoms with Crippen LogP contribution in [-0.4, -0.2) is 137 Å². The largest absolute Gasteiger partial charge is 0.507 e. The van der Waals surface area contributed by atoms with E-state index < -0.39 is 35.1 Å². The minimum Gasteiger partial charge on any atom is -0.507 e. The van der Waals surface area contributed by atoms with Crippen LogP contribution in [-0.2, 0) is 0 Å². The molecule has 0 fully saturated rings. The van der Waals surface area contributed by atoms with Crippen molar-refractivity contribution in [3.63, 3.8) is 0 Å². The van der Waals surface area contributed by atoms with Crippen LogP contribution in [0.3, 0.4) is 0 Å². The lowest BCUT2D eigenvalue weighted by Crippen LogP contribution is -2.30. The third-order valence-corrected chi connectivity index (χ3v) is 11.9. The molecule has 0 radical (unpaired) electrons. The third-order valence-electron chi connectivity index (χ3n) is 11.9. The monoisotopic (exact) mass is 1260 g/mol. The summed E-state index contributed by atoms with van der Waals surface area (Å²) in [6.45, 7) is 1.93. The molecule has 5 heterocycles. The SMILES string of the molecule is CCO.NNC(=O)c1ccccn1.O=C(N/N=C/c1cc(-c2cc(/C=N/NC(=O)c3ccccn3)c(O)c(/C=N/NC(=O)c3ccccn3)c2)cc(/C=N/NC(=O)c2ccccn2)c1O)c1ccccn1.O=Cc1cc(-c2cc(C=O)c(O)c(C=O)c2)cc(C=O)c1O. The van der Waals surface area contributed by atoms with Gasteiger partial charge in [0.1, 0.15) is 51.5 Å². The number of hydrazone groups is 4. The topological polar surface area (TPSA) is 455 Å². The Balaban J connectivity index is 0.000000317. The minimum atomic E-state index is -0.608. The number of phenols is 4. The quantitative estimate of drug-likeness (QED) is 0.0165. The van der Waals surface area contributed by atoms with Gasteiger partial charge in [0.05, 0.1) is 47.1 Å². The number of benzene rings is 4. The Morgan fingerprint density at radius 3 is 0.742 bits per heavy atom. The van der Waals surface area contributed by atoms with Gasteiger partial charge in [0, 0.05) is 59.8 Å². The first kappa shape index (κ1) is 68.6. The zero-order valence-electron chi connectivity index (χ0n) is 48.5. The van der Waals surface area contributed by atoms with Crippen LogP contribution in [0.2, 0.25) is 0 Å². The van der Waals surface area contributed by atoms with E-state index >= 15 is 0 Å². The fourth-order valence-corrected chi connectivity index (χ4v) is 7.57. The van der Waals surface area contributed by atoms with Gasteiger partial charge in [-0.15, -0.1) is 0 Å². The van der Waals surface area contributed by atoms with Gasteiger partial charge in [-0.05, 0) is 138 Å². The molecular weight excluding hydrogens is 1200 g/mol. The maximum absolute atomic E-state index is 12.6.